The number of hydrogen-bond acceptors (Lipinski definition) is 6. The Morgan fingerprint density at radius 3 is 2.15 bits per heavy atom. The molecule has 1 fully saturated rings. The summed E-state index contributed by atoms with van der Waals surface area (Å²) in [4.78, 5) is 25.9. The Bertz CT molecular complexity index is 385. The summed E-state index contributed by atoms with van der Waals surface area (Å²) >= 11 is 0. The van der Waals surface area contributed by atoms with Gasteiger partial charge in [0.05, 0.1) is 0 Å². The van der Waals surface area contributed by atoms with E-state index >= 15 is 0 Å². The molecule has 114 valence electrons. The summed E-state index contributed by atoms with van der Waals surface area (Å²) in [6.45, 7) is 3.10. The van der Waals surface area contributed by atoms with Crippen LogP contribution in [0.3, 0.4) is 0 Å². The predicted molar refractivity (Wildman–Crippen MR) is 77.9 cm³/mol. The molecule has 0 aromatic rings. The van der Waals surface area contributed by atoms with Gasteiger partial charge in [0.15, 0.2) is 5.71 Å². The van der Waals surface area contributed by atoms with Gasteiger partial charge in [-0.25, -0.2) is 0 Å². The molecule has 0 aromatic carbocycles. The lowest BCUT2D eigenvalue weighted by atomic mass is 10.0. The average Bonchev–Trinajstić information content (AvgIpc) is 2.44. The molecule has 0 saturated carbocycles. The Hall–Kier alpha value is -1.63. The first-order valence-corrected chi connectivity index (χ1v) is 6.66. The van der Waals surface area contributed by atoms with Crippen LogP contribution in [-0.4, -0.2) is 74.6 Å². The highest BCUT2D eigenvalue weighted by Gasteiger charge is 2.28. The van der Waals surface area contributed by atoms with E-state index in [-0.39, 0.29) is 11.6 Å². The summed E-state index contributed by atoms with van der Waals surface area (Å²) in [7, 11) is 6.97. The summed E-state index contributed by atoms with van der Waals surface area (Å²) in [5.41, 5.74) is 0.603. The third kappa shape index (κ3) is 4.19. The number of carbonyl (C=O) groups is 1. The van der Waals surface area contributed by atoms with Crippen molar-refractivity contribution in [1.82, 2.24) is 9.80 Å². The minimum Gasteiger partial charge on any atom is -0.399 e. The molecule has 0 spiro atoms. The first-order valence-electron chi connectivity index (χ1n) is 6.66. The summed E-state index contributed by atoms with van der Waals surface area (Å²) < 4.78 is 0. The van der Waals surface area contributed by atoms with E-state index in [1.165, 1.54) is 14.2 Å². The van der Waals surface area contributed by atoms with Gasteiger partial charge in [0.25, 0.3) is 5.91 Å². The van der Waals surface area contributed by atoms with Gasteiger partial charge in [0.1, 0.15) is 19.9 Å². The van der Waals surface area contributed by atoms with Crippen LogP contribution in [0, 0.1) is 0 Å². The molecule has 7 heteroatoms. The maximum atomic E-state index is 12.4. The Kier molecular flexibility index (Phi) is 6.44. The molecule has 1 heterocycles. The van der Waals surface area contributed by atoms with Gasteiger partial charge < -0.3 is 19.5 Å². The first-order chi connectivity index (χ1) is 9.51. The van der Waals surface area contributed by atoms with Crippen molar-refractivity contribution in [3.05, 3.63) is 0 Å². The van der Waals surface area contributed by atoms with Crippen molar-refractivity contribution in [3.8, 4) is 0 Å². The Labute approximate surface area is 120 Å². The molecular weight excluding hydrogens is 260 g/mol. The molecule has 0 unspecified atom stereocenters. The van der Waals surface area contributed by atoms with Crippen LogP contribution in [-0.2, 0) is 14.5 Å². The van der Waals surface area contributed by atoms with E-state index in [0.717, 1.165) is 12.8 Å². The van der Waals surface area contributed by atoms with Gasteiger partial charge >= 0.3 is 0 Å². The number of oxime groups is 2. The zero-order chi connectivity index (χ0) is 15.1. The summed E-state index contributed by atoms with van der Waals surface area (Å²) in [5, 5.41) is 7.53. The molecule has 0 aromatic heterocycles. The van der Waals surface area contributed by atoms with E-state index < -0.39 is 0 Å². The van der Waals surface area contributed by atoms with Crippen molar-refractivity contribution in [2.24, 2.45) is 10.3 Å². The second-order valence-corrected chi connectivity index (χ2v) is 4.97. The van der Waals surface area contributed by atoms with Crippen LogP contribution in [0.1, 0.15) is 19.8 Å². The zero-order valence-corrected chi connectivity index (χ0v) is 12.9. The quantitative estimate of drug-likeness (QED) is 0.546. The number of nitrogens with zero attached hydrogens (tertiary/aromatic N) is 4. The minimum atomic E-state index is -0.164. The van der Waals surface area contributed by atoms with Gasteiger partial charge in [-0.2, -0.15) is 0 Å². The lowest BCUT2D eigenvalue weighted by Crippen LogP contribution is -2.47. The highest BCUT2D eigenvalue weighted by molar-refractivity contribution is 6.66. The number of hydrogen-bond donors (Lipinski definition) is 0. The first kappa shape index (κ1) is 16.4. The molecular formula is C13H24N4O3. The standard InChI is InChI=1S/C13H24N4O3/c1-10(14-19-4)12(15-20-5)13(18)17-8-6-11(7-9-17)16(2)3/h11H,6-9H2,1-5H3. The number of likely N-dealkylation sites (tertiary alicyclic amines) is 1. The zero-order valence-electron chi connectivity index (χ0n) is 12.9. The fourth-order valence-corrected chi connectivity index (χ4v) is 2.27. The van der Waals surface area contributed by atoms with Crippen LogP contribution in [0.2, 0.25) is 0 Å². The summed E-state index contributed by atoms with van der Waals surface area (Å²) in [5.74, 6) is -0.164. The highest BCUT2D eigenvalue weighted by atomic mass is 16.6. The third-order valence-corrected chi connectivity index (χ3v) is 3.44. The smallest absolute Gasteiger partial charge is 0.277 e. The fourth-order valence-electron chi connectivity index (χ4n) is 2.27. The average molecular weight is 284 g/mol. The second-order valence-electron chi connectivity index (χ2n) is 4.97. The molecule has 1 aliphatic heterocycles. The number of rotatable bonds is 5. The third-order valence-electron chi connectivity index (χ3n) is 3.44. The molecule has 1 amide bonds. The second kappa shape index (κ2) is 7.84. The fraction of sp³-hybridized carbons (Fsp3) is 0.769. The van der Waals surface area contributed by atoms with Crippen molar-refractivity contribution in [3.63, 3.8) is 0 Å². The largest absolute Gasteiger partial charge is 0.399 e. The van der Waals surface area contributed by atoms with Gasteiger partial charge in [-0.15, -0.1) is 0 Å². The topological polar surface area (TPSA) is 66.7 Å². The van der Waals surface area contributed by atoms with Crippen LogP contribution in [0.5, 0.6) is 0 Å². The van der Waals surface area contributed by atoms with Crippen molar-refractivity contribution in [2.45, 2.75) is 25.8 Å². The van der Waals surface area contributed by atoms with E-state index in [2.05, 4.69) is 29.3 Å². The molecule has 0 atom stereocenters. The van der Waals surface area contributed by atoms with Crippen LogP contribution >= 0.6 is 0 Å². The predicted octanol–water partition coefficient (Wildman–Crippen LogP) is 0.564. The summed E-state index contributed by atoms with van der Waals surface area (Å²) in [6, 6.07) is 0.524. The van der Waals surface area contributed by atoms with Gasteiger partial charge in [-0.1, -0.05) is 10.3 Å². The van der Waals surface area contributed by atoms with Crippen molar-refractivity contribution < 1.29 is 14.5 Å². The molecule has 0 aliphatic carbocycles. The summed E-state index contributed by atoms with van der Waals surface area (Å²) in [6.07, 6.45) is 1.92. The Balaban J connectivity index is 2.73. The molecule has 7 nitrogen and oxygen atoms in total. The van der Waals surface area contributed by atoms with Crippen LogP contribution in [0.4, 0.5) is 0 Å². The van der Waals surface area contributed by atoms with E-state index in [1.807, 2.05) is 0 Å². The van der Waals surface area contributed by atoms with Gasteiger partial charge in [-0.3, -0.25) is 4.79 Å². The Morgan fingerprint density at radius 2 is 1.70 bits per heavy atom. The van der Waals surface area contributed by atoms with Gasteiger partial charge in [0.2, 0.25) is 0 Å². The van der Waals surface area contributed by atoms with Crippen molar-refractivity contribution in [1.29, 1.82) is 0 Å². The Morgan fingerprint density at radius 1 is 1.15 bits per heavy atom. The normalized spacial score (nSPS) is 18.4. The van der Waals surface area contributed by atoms with E-state index in [0.29, 0.717) is 24.8 Å². The highest BCUT2D eigenvalue weighted by Crippen LogP contribution is 2.14. The van der Waals surface area contributed by atoms with Gasteiger partial charge in [-0.05, 0) is 33.9 Å². The molecule has 1 rings (SSSR count). The lowest BCUT2D eigenvalue weighted by Gasteiger charge is -2.35. The molecule has 0 radical (unpaired) electrons. The van der Waals surface area contributed by atoms with Crippen LogP contribution < -0.4 is 0 Å². The van der Waals surface area contributed by atoms with Crippen LogP contribution in [0.25, 0.3) is 0 Å². The molecule has 0 N–H and O–H groups in total. The molecule has 1 saturated heterocycles. The monoisotopic (exact) mass is 284 g/mol. The van der Waals surface area contributed by atoms with E-state index in [1.54, 1.807) is 11.8 Å². The SMILES string of the molecule is CON=C(C)C(=NOC)C(=O)N1CCC(N(C)C)CC1. The maximum absolute atomic E-state index is 12.4. The van der Waals surface area contributed by atoms with Crippen LogP contribution in [0.15, 0.2) is 10.3 Å². The molecule has 20 heavy (non-hydrogen) atoms. The number of piperidine rings is 1. The molecule has 0 bridgehead atoms. The van der Waals surface area contributed by atoms with Gasteiger partial charge in [0, 0.05) is 19.1 Å². The van der Waals surface area contributed by atoms with Crippen molar-refractivity contribution in [2.75, 3.05) is 41.4 Å². The number of carbonyl (C=O) groups excluding carboxylic acids is 1. The lowest BCUT2D eigenvalue weighted by molar-refractivity contribution is -0.125. The van der Waals surface area contributed by atoms with E-state index in [4.69, 9.17) is 9.68 Å². The number of amides is 1. The maximum Gasteiger partial charge on any atom is 0.277 e. The molecule has 1 aliphatic rings. The van der Waals surface area contributed by atoms with E-state index in [9.17, 15) is 4.79 Å². The minimum absolute atomic E-state index is 0.164. The van der Waals surface area contributed by atoms with Crippen molar-refractivity contribution >= 4 is 17.3 Å².